The van der Waals surface area contributed by atoms with E-state index in [1.54, 1.807) is 31.3 Å². The van der Waals surface area contributed by atoms with E-state index in [2.05, 4.69) is 10.4 Å². The van der Waals surface area contributed by atoms with E-state index in [0.29, 0.717) is 16.7 Å². The standard InChI is InChI=1S/C15H19N3O2/c1-9(2)10(3)16-14(19)13-11-7-5-6-8-12(11)15(20)18(4)17-13/h5-10H,1-4H3,(H,16,19)/t10-/m1/s1. The van der Waals surface area contributed by atoms with Crippen LogP contribution >= 0.6 is 0 Å². The molecule has 1 amide bonds. The summed E-state index contributed by atoms with van der Waals surface area (Å²) in [5, 5.41) is 8.12. The lowest BCUT2D eigenvalue weighted by atomic mass is 10.1. The highest BCUT2D eigenvalue weighted by molar-refractivity contribution is 6.04. The molecule has 1 atom stereocenters. The van der Waals surface area contributed by atoms with Gasteiger partial charge in [-0.3, -0.25) is 9.59 Å². The lowest BCUT2D eigenvalue weighted by Gasteiger charge is -2.17. The maximum Gasteiger partial charge on any atom is 0.274 e. The number of nitrogens with zero attached hydrogens (tertiary/aromatic N) is 2. The van der Waals surface area contributed by atoms with Crippen molar-refractivity contribution in [3.63, 3.8) is 0 Å². The molecule has 0 fully saturated rings. The number of nitrogens with one attached hydrogen (secondary N) is 1. The Morgan fingerprint density at radius 1 is 1.20 bits per heavy atom. The van der Waals surface area contributed by atoms with Gasteiger partial charge < -0.3 is 5.32 Å². The Bertz CT molecular complexity index is 704. The Labute approximate surface area is 117 Å². The van der Waals surface area contributed by atoms with Crippen LogP contribution in [-0.2, 0) is 7.05 Å². The molecule has 0 unspecified atom stereocenters. The first-order valence-corrected chi connectivity index (χ1v) is 6.68. The van der Waals surface area contributed by atoms with Gasteiger partial charge in [0, 0.05) is 18.5 Å². The van der Waals surface area contributed by atoms with E-state index in [1.165, 1.54) is 4.68 Å². The van der Waals surface area contributed by atoms with Gasteiger partial charge in [0.05, 0.1) is 5.39 Å². The van der Waals surface area contributed by atoms with E-state index < -0.39 is 0 Å². The predicted octanol–water partition coefficient (Wildman–Crippen LogP) is 1.71. The molecule has 0 aliphatic rings. The third-order valence-corrected chi connectivity index (χ3v) is 3.53. The molecule has 0 saturated heterocycles. The van der Waals surface area contributed by atoms with Crippen LogP contribution in [0.25, 0.3) is 10.8 Å². The van der Waals surface area contributed by atoms with Crippen LogP contribution in [0.1, 0.15) is 31.3 Å². The second-order valence-electron chi connectivity index (χ2n) is 5.33. The second-order valence-corrected chi connectivity index (χ2v) is 5.33. The summed E-state index contributed by atoms with van der Waals surface area (Å²) >= 11 is 0. The number of hydrogen-bond donors (Lipinski definition) is 1. The van der Waals surface area contributed by atoms with Crippen LogP contribution in [0.15, 0.2) is 29.1 Å². The van der Waals surface area contributed by atoms with Crippen molar-refractivity contribution in [2.24, 2.45) is 13.0 Å². The highest BCUT2D eigenvalue weighted by atomic mass is 16.2. The van der Waals surface area contributed by atoms with Crippen LogP contribution in [-0.4, -0.2) is 21.7 Å². The molecule has 106 valence electrons. The monoisotopic (exact) mass is 273 g/mol. The quantitative estimate of drug-likeness (QED) is 0.926. The van der Waals surface area contributed by atoms with Gasteiger partial charge in [-0.1, -0.05) is 32.0 Å². The van der Waals surface area contributed by atoms with E-state index in [4.69, 9.17) is 0 Å². The normalized spacial score (nSPS) is 12.7. The molecule has 5 heteroatoms. The molecule has 5 nitrogen and oxygen atoms in total. The number of carbonyl (C=O) groups is 1. The summed E-state index contributed by atoms with van der Waals surface area (Å²) in [6, 6.07) is 7.08. The van der Waals surface area contributed by atoms with Crippen molar-refractivity contribution in [3.8, 4) is 0 Å². The minimum Gasteiger partial charge on any atom is -0.348 e. The van der Waals surface area contributed by atoms with Crippen molar-refractivity contribution in [2.45, 2.75) is 26.8 Å². The topological polar surface area (TPSA) is 64.0 Å². The molecule has 0 aliphatic carbocycles. The first-order chi connectivity index (χ1) is 9.41. The van der Waals surface area contributed by atoms with Crippen molar-refractivity contribution in [1.82, 2.24) is 15.1 Å². The number of hydrogen-bond acceptors (Lipinski definition) is 3. The van der Waals surface area contributed by atoms with Crippen molar-refractivity contribution >= 4 is 16.7 Å². The zero-order chi connectivity index (χ0) is 14.9. The van der Waals surface area contributed by atoms with Gasteiger partial charge in [-0.15, -0.1) is 0 Å². The Morgan fingerprint density at radius 3 is 2.40 bits per heavy atom. The molecule has 1 aromatic heterocycles. The summed E-state index contributed by atoms with van der Waals surface area (Å²) in [7, 11) is 1.55. The lowest BCUT2D eigenvalue weighted by molar-refractivity contribution is 0.0925. The smallest absolute Gasteiger partial charge is 0.274 e. The van der Waals surface area contributed by atoms with Gasteiger partial charge in [0.2, 0.25) is 0 Å². The van der Waals surface area contributed by atoms with Gasteiger partial charge in [-0.05, 0) is 18.9 Å². The highest BCUT2D eigenvalue weighted by Gasteiger charge is 2.18. The van der Waals surface area contributed by atoms with Crippen molar-refractivity contribution in [2.75, 3.05) is 0 Å². The fraction of sp³-hybridized carbons (Fsp3) is 0.400. The number of benzene rings is 1. The Kier molecular flexibility index (Phi) is 3.88. The average Bonchev–Trinajstić information content (AvgIpc) is 2.42. The van der Waals surface area contributed by atoms with Gasteiger partial charge in [-0.2, -0.15) is 5.10 Å². The van der Waals surface area contributed by atoms with E-state index in [1.807, 2.05) is 20.8 Å². The maximum atomic E-state index is 12.3. The Morgan fingerprint density at radius 2 is 1.80 bits per heavy atom. The van der Waals surface area contributed by atoms with Crippen LogP contribution in [0.3, 0.4) is 0 Å². The number of rotatable bonds is 3. The molecule has 0 radical (unpaired) electrons. The second kappa shape index (κ2) is 5.45. The Balaban J connectivity index is 2.52. The molecule has 0 spiro atoms. The SMILES string of the molecule is CC(C)[C@@H](C)NC(=O)c1nn(C)c(=O)c2ccccc12. The van der Waals surface area contributed by atoms with E-state index in [9.17, 15) is 9.59 Å². The van der Waals surface area contributed by atoms with Crippen LogP contribution in [0.5, 0.6) is 0 Å². The molecule has 0 bridgehead atoms. The van der Waals surface area contributed by atoms with Gasteiger partial charge in [0.25, 0.3) is 11.5 Å². The molecule has 0 aliphatic heterocycles. The van der Waals surface area contributed by atoms with Crippen LogP contribution in [0, 0.1) is 5.92 Å². The van der Waals surface area contributed by atoms with Crippen LogP contribution in [0.2, 0.25) is 0 Å². The molecule has 2 rings (SSSR count). The highest BCUT2D eigenvalue weighted by Crippen LogP contribution is 2.13. The number of carbonyl (C=O) groups excluding carboxylic acids is 1. The third kappa shape index (κ3) is 2.57. The maximum absolute atomic E-state index is 12.3. The molecule has 1 heterocycles. The number of aryl methyl sites for hydroxylation is 1. The molecule has 1 aromatic carbocycles. The molecular weight excluding hydrogens is 254 g/mol. The first-order valence-electron chi connectivity index (χ1n) is 6.68. The van der Waals surface area contributed by atoms with Gasteiger partial charge in [-0.25, -0.2) is 4.68 Å². The summed E-state index contributed by atoms with van der Waals surface area (Å²) in [6.07, 6.45) is 0. The Hall–Kier alpha value is -2.17. The first kappa shape index (κ1) is 14.2. The summed E-state index contributed by atoms with van der Waals surface area (Å²) in [5.74, 6) is 0.0794. The summed E-state index contributed by atoms with van der Waals surface area (Å²) in [6.45, 7) is 6.03. The number of aromatic nitrogens is 2. The average molecular weight is 273 g/mol. The summed E-state index contributed by atoms with van der Waals surface area (Å²) in [5.41, 5.74) is 0.0873. The zero-order valence-corrected chi connectivity index (χ0v) is 12.2. The van der Waals surface area contributed by atoms with Crippen molar-refractivity contribution in [3.05, 3.63) is 40.3 Å². The van der Waals surface area contributed by atoms with Crippen molar-refractivity contribution < 1.29 is 4.79 Å². The van der Waals surface area contributed by atoms with Gasteiger partial charge >= 0.3 is 0 Å². The largest absolute Gasteiger partial charge is 0.348 e. The zero-order valence-electron chi connectivity index (χ0n) is 12.2. The van der Waals surface area contributed by atoms with Crippen molar-refractivity contribution in [1.29, 1.82) is 0 Å². The fourth-order valence-electron chi connectivity index (χ4n) is 1.91. The van der Waals surface area contributed by atoms with E-state index >= 15 is 0 Å². The molecule has 1 N–H and O–H groups in total. The molecular formula is C15H19N3O2. The lowest BCUT2D eigenvalue weighted by Crippen LogP contribution is -2.37. The minimum absolute atomic E-state index is 0.0419. The molecule has 20 heavy (non-hydrogen) atoms. The summed E-state index contributed by atoms with van der Waals surface area (Å²) < 4.78 is 1.21. The van der Waals surface area contributed by atoms with Crippen LogP contribution in [0.4, 0.5) is 0 Å². The third-order valence-electron chi connectivity index (χ3n) is 3.53. The van der Waals surface area contributed by atoms with Crippen LogP contribution < -0.4 is 10.9 Å². The van der Waals surface area contributed by atoms with E-state index in [-0.39, 0.29) is 23.2 Å². The molecule has 0 saturated carbocycles. The minimum atomic E-state index is -0.252. The fourth-order valence-corrected chi connectivity index (χ4v) is 1.91. The number of fused-ring (bicyclic) bond motifs is 1. The molecule has 2 aromatic rings. The van der Waals surface area contributed by atoms with E-state index in [0.717, 1.165) is 0 Å². The number of amides is 1. The summed E-state index contributed by atoms with van der Waals surface area (Å²) in [4.78, 5) is 24.4. The van der Waals surface area contributed by atoms with Gasteiger partial charge in [0.15, 0.2) is 5.69 Å². The van der Waals surface area contributed by atoms with Gasteiger partial charge in [0.1, 0.15) is 0 Å². The predicted molar refractivity (Wildman–Crippen MR) is 78.8 cm³/mol.